The van der Waals surface area contributed by atoms with Crippen molar-refractivity contribution in [1.29, 1.82) is 0 Å². The molecule has 3 unspecified atom stereocenters. The van der Waals surface area contributed by atoms with Crippen LogP contribution in [-0.4, -0.2) is 26.6 Å². The Morgan fingerprint density at radius 3 is 1.25 bits per heavy atom. The zero-order valence-electron chi connectivity index (χ0n) is 44.1. The Morgan fingerprint density at radius 1 is 0.354 bits per heavy atom. The number of hydrogen-bond donors (Lipinski definition) is 1. The molecule has 0 fully saturated rings. The molecule has 380 valence electrons. The number of benzene rings is 10. The van der Waals surface area contributed by atoms with E-state index < -0.39 is 16.0 Å². The van der Waals surface area contributed by atoms with Crippen LogP contribution in [0.1, 0.15) is 35.4 Å². The molecule has 2 N–H and O–H groups in total. The van der Waals surface area contributed by atoms with Gasteiger partial charge < -0.3 is 5.50 Å². The normalized spacial score (nSPS) is 12.4. The van der Waals surface area contributed by atoms with Gasteiger partial charge in [-0.3, -0.25) is 0 Å². The van der Waals surface area contributed by atoms with Crippen molar-refractivity contribution in [3.05, 3.63) is 302 Å². The maximum Gasteiger partial charge on any atom is 0.160 e. The molecule has 10 aromatic carbocycles. The van der Waals surface area contributed by atoms with Crippen molar-refractivity contribution >= 4 is 37.2 Å². The molecule has 0 aliphatic heterocycles. The SMILES string of the molecule is CC(c1cc(-c2ccccc2)nc(-c2ccccc2)n1)c1ccccc1-c1ccccc1P(C)c1ccccc1-c1ccccc1P(N)c1ccccc1-c1ccccc1Cc1cc(-c2ccccc2)nc(-c2ccccc2)n1. The van der Waals surface area contributed by atoms with Gasteiger partial charge in [-0.1, -0.05) is 274 Å². The molecule has 3 atom stereocenters. The lowest BCUT2D eigenvalue weighted by Crippen LogP contribution is -2.23. The maximum absolute atomic E-state index is 7.72. The lowest BCUT2D eigenvalue weighted by molar-refractivity contribution is 0.866. The molecule has 12 rings (SSSR count). The van der Waals surface area contributed by atoms with E-state index in [0.717, 1.165) is 78.2 Å². The number of nitrogens with zero attached hydrogens (tertiary/aromatic N) is 4. The van der Waals surface area contributed by atoms with Crippen molar-refractivity contribution in [3.63, 3.8) is 0 Å². The van der Waals surface area contributed by atoms with Gasteiger partial charge in [-0.15, -0.1) is 0 Å². The Bertz CT molecular complexity index is 3940. The first-order valence-electron chi connectivity index (χ1n) is 26.8. The van der Waals surface area contributed by atoms with Crippen molar-refractivity contribution in [2.24, 2.45) is 5.50 Å². The van der Waals surface area contributed by atoms with E-state index >= 15 is 0 Å². The minimum atomic E-state index is -1.33. The van der Waals surface area contributed by atoms with Crippen LogP contribution < -0.4 is 26.7 Å². The second kappa shape index (κ2) is 23.4. The fraction of sp³-hybridized carbons (Fsp3) is 0.0556. The van der Waals surface area contributed by atoms with Gasteiger partial charge in [-0.25, -0.2) is 19.9 Å². The maximum atomic E-state index is 7.72. The Balaban J connectivity index is 0.887. The zero-order chi connectivity index (χ0) is 53.5. The van der Waals surface area contributed by atoms with Gasteiger partial charge in [0.15, 0.2) is 11.6 Å². The lowest BCUT2D eigenvalue weighted by Gasteiger charge is -2.25. The quantitative estimate of drug-likeness (QED) is 0.104. The van der Waals surface area contributed by atoms with Crippen molar-refractivity contribution in [2.75, 3.05) is 6.66 Å². The summed E-state index contributed by atoms with van der Waals surface area (Å²) in [5, 5.41) is 4.87. The molecule has 0 bridgehead atoms. The van der Waals surface area contributed by atoms with Crippen LogP contribution in [0.15, 0.2) is 279 Å². The summed E-state index contributed by atoms with van der Waals surface area (Å²) in [5.41, 5.74) is 25.0. The van der Waals surface area contributed by atoms with Gasteiger partial charge in [-0.2, -0.15) is 0 Å². The predicted molar refractivity (Wildman–Crippen MR) is 334 cm³/mol. The Labute approximate surface area is 466 Å². The topological polar surface area (TPSA) is 77.6 Å². The highest BCUT2D eigenvalue weighted by Gasteiger charge is 2.25. The Kier molecular flexibility index (Phi) is 15.1. The van der Waals surface area contributed by atoms with Gasteiger partial charge in [0, 0.05) is 59.0 Å². The lowest BCUT2D eigenvalue weighted by atomic mass is 9.89. The van der Waals surface area contributed by atoms with Crippen LogP contribution in [-0.2, 0) is 6.42 Å². The van der Waals surface area contributed by atoms with Crippen LogP contribution in [0.5, 0.6) is 0 Å². The smallest absolute Gasteiger partial charge is 0.160 e. The molecule has 2 heterocycles. The first-order valence-corrected chi connectivity index (χ1v) is 30.0. The minimum absolute atomic E-state index is 0.0367. The molecule has 0 aliphatic rings. The molecule has 0 radical (unpaired) electrons. The van der Waals surface area contributed by atoms with Gasteiger partial charge >= 0.3 is 0 Å². The molecule has 2 aromatic heterocycles. The molecular formula is C72H57N5P2. The monoisotopic (exact) mass is 1050 g/mol. The summed E-state index contributed by atoms with van der Waals surface area (Å²) < 4.78 is 0. The van der Waals surface area contributed by atoms with E-state index in [0.29, 0.717) is 12.2 Å². The minimum Gasteiger partial charge on any atom is -0.302 e. The third-order valence-electron chi connectivity index (χ3n) is 14.7. The van der Waals surface area contributed by atoms with Crippen LogP contribution in [0, 0.1) is 0 Å². The Hall–Kier alpha value is -8.82. The van der Waals surface area contributed by atoms with Crippen molar-refractivity contribution < 1.29 is 0 Å². The number of hydrogen-bond acceptors (Lipinski definition) is 5. The highest BCUT2D eigenvalue weighted by molar-refractivity contribution is 7.73. The third-order valence-corrected chi connectivity index (χ3v) is 18.8. The van der Waals surface area contributed by atoms with Crippen molar-refractivity contribution in [3.8, 4) is 78.7 Å². The van der Waals surface area contributed by atoms with E-state index in [1.165, 1.54) is 38.4 Å². The summed E-state index contributed by atoms with van der Waals surface area (Å²) in [6, 6.07) is 98.6. The van der Waals surface area contributed by atoms with Crippen LogP contribution in [0.4, 0.5) is 0 Å². The molecule has 12 aromatic rings. The summed E-state index contributed by atoms with van der Waals surface area (Å²) in [6.07, 6.45) is 0.620. The highest BCUT2D eigenvalue weighted by atomic mass is 31.1. The molecule has 0 aliphatic carbocycles. The predicted octanol–water partition coefficient (Wildman–Crippen LogP) is 16.0. The average molecular weight is 1050 g/mol. The van der Waals surface area contributed by atoms with Gasteiger partial charge in [0.2, 0.25) is 0 Å². The van der Waals surface area contributed by atoms with Crippen LogP contribution >= 0.6 is 16.0 Å². The molecule has 0 saturated heterocycles. The van der Waals surface area contributed by atoms with Crippen LogP contribution in [0.2, 0.25) is 0 Å². The van der Waals surface area contributed by atoms with Crippen LogP contribution in [0.3, 0.4) is 0 Å². The Morgan fingerprint density at radius 2 is 0.722 bits per heavy atom. The van der Waals surface area contributed by atoms with E-state index in [-0.39, 0.29) is 5.92 Å². The average Bonchev–Trinajstić information content (AvgIpc) is 3.59. The second-order valence-corrected chi connectivity index (χ2v) is 23.5. The first-order chi connectivity index (χ1) is 38.9. The largest absolute Gasteiger partial charge is 0.302 e. The van der Waals surface area contributed by atoms with Crippen molar-refractivity contribution in [1.82, 2.24) is 19.9 Å². The van der Waals surface area contributed by atoms with Crippen LogP contribution in [0.25, 0.3) is 78.7 Å². The molecule has 0 amide bonds. The van der Waals surface area contributed by atoms with E-state index in [9.17, 15) is 0 Å². The number of rotatable bonds is 15. The fourth-order valence-corrected chi connectivity index (χ4v) is 14.4. The van der Waals surface area contributed by atoms with E-state index in [1.54, 1.807) is 0 Å². The standard InChI is InChI=1S/C72H57N5P2/c1-50(64-49-66(52-29-9-4-10-30-52)77-72(75-64)54-33-13-6-14-34-54)57-36-17-18-38-59(57)61-40-19-23-43-67(61)78(2)68-44-24-20-41-62(68)63-42-22-26-46-70(63)79(73)69-45-25-21-39-60(69)58-37-16-15-35-55(58)47-56-48-65(51-27-7-3-8-28-51)76-71(74-56)53-31-11-5-12-32-53/h3-46,48-50H,47,73H2,1-2H3. The van der Waals surface area contributed by atoms with Gasteiger partial charge in [0.05, 0.1) is 17.1 Å². The zero-order valence-corrected chi connectivity index (χ0v) is 45.9. The fourth-order valence-electron chi connectivity index (χ4n) is 10.7. The summed E-state index contributed by atoms with van der Waals surface area (Å²) in [7, 11) is -2.21. The third kappa shape index (κ3) is 10.9. The van der Waals surface area contributed by atoms with Gasteiger partial charge in [0.25, 0.3) is 0 Å². The highest BCUT2D eigenvalue weighted by Crippen LogP contribution is 2.43. The van der Waals surface area contributed by atoms with E-state index in [2.05, 4.69) is 244 Å². The van der Waals surface area contributed by atoms with Gasteiger partial charge in [0.1, 0.15) is 0 Å². The molecule has 79 heavy (non-hydrogen) atoms. The molecule has 0 spiro atoms. The summed E-state index contributed by atoms with van der Waals surface area (Å²) in [6.45, 7) is 4.68. The van der Waals surface area contributed by atoms with Gasteiger partial charge in [-0.05, 0) is 81.8 Å². The molecule has 0 saturated carbocycles. The number of nitrogens with two attached hydrogens (primary N) is 1. The summed E-state index contributed by atoms with van der Waals surface area (Å²) >= 11 is 0. The molecule has 5 nitrogen and oxygen atoms in total. The second-order valence-electron chi connectivity index (χ2n) is 19.7. The molecular weight excluding hydrogens is 997 g/mol. The summed E-state index contributed by atoms with van der Waals surface area (Å²) in [4.78, 5) is 20.6. The van der Waals surface area contributed by atoms with E-state index in [4.69, 9.17) is 25.4 Å². The molecule has 7 heteroatoms. The van der Waals surface area contributed by atoms with E-state index in [1.807, 2.05) is 48.5 Å². The summed E-state index contributed by atoms with van der Waals surface area (Å²) in [5.74, 6) is 1.40. The van der Waals surface area contributed by atoms with Crippen molar-refractivity contribution in [2.45, 2.75) is 19.3 Å². The first kappa shape index (κ1) is 51.0. The number of aromatic nitrogens is 4.